The molecule has 2 rings (SSSR count). The molecule has 1 heterocycles. The lowest BCUT2D eigenvalue weighted by Crippen LogP contribution is -2.79. The third-order valence-electron chi connectivity index (χ3n) is 2.30. The van der Waals surface area contributed by atoms with Crippen LogP contribution in [0.3, 0.4) is 0 Å². The van der Waals surface area contributed by atoms with Crippen LogP contribution >= 0.6 is 0 Å². The Balaban J connectivity index is 2.17. The van der Waals surface area contributed by atoms with E-state index in [0.29, 0.717) is 6.61 Å². The molecule has 15 heavy (non-hydrogen) atoms. The Kier molecular flexibility index (Phi) is 2.53. The van der Waals surface area contributed by atoms with E-state index in [1.807, 2.05) is 0 Å². The predicted octanol–water partition coefficient (Wildman–Crippen LogP) is -0.699. The Morgan fingerprint density at radius 1 is 1.40 bits per heavy atom. The second-order valence-electron chi connectivity index (χ2n) is 3.42. The van der Waals surface area contributed by atoms with Crippen LogP contribution in [0, 0.1) is 11.6 Å². The van der Waals surface area contributed by atoms with Crippen LogP contribution in [0.25, 0.3) is 0 Å². The topological polar surface area (TPSA) is 49.2 Å². The largest absolute Gasteiger partial charge is 0.440 e. The van der Waals surface area contributed by atoms with E-state index in [1.54, 1.807) is 0 Å². The van der Waals surface area contributed by atoms with Gasteiger partial charge in [-0.15, -0.1) is 0 Å². The molecule has 0 bridgehead atoms. The Hall–Kier alpha value is -1.65. The molecule has 1 unspecified atom stereocenters. The number of halogens is 2. The Bertz CT molecular complexity index is 386. The van der Waals surface area contributed by atoms with Crippen LogP contribution in [-0.2, 0) is 11.2 Å². The predicted molar refractivity (Wildman–Crippen MR) is 50.0 cm³/mol. The molecular weight excluding hydrogens is 202 g/mol. The lowest BCUT2D eigenvalue weighted by Gasteiger charge is -2.05. The molecule has 3 N–H and O–H groups in total. The molecule has 0 saturated heterocycles. The van der Waals surface area contributed by atoms with Crippen molar-refractivity contribution in [1.82, 2.24) is 0 Å². The van der Waals surface area contributed by atoms with Gasteiger partial charge in [0.2, 0.25) is 0 Å². The van der Waals surface area contributed by atoms with Crippen molar-refractivity contribution >= 4 is 6.02 Å². The van der Waals surface area contributed by atoms with Gasteiger partial charge in [-0.3, -0.25) is 5.73 Å². The van der Waals surface area contributed by atoms with Crippen LogP contribution in [0.4, 0.5) is 8.78 Å². The van der Waals surface area contributed by atoms with Gasteiger partial charge >= 0.3 is 6.02 Å². The lowest BCUT2D eigenvalue weighted by atomic mass is 10.1. The highest BCUT2D eigenvalue weighted by molar-refractivity contribution is 5.65. The number of nitrogens with one attached hydrogen (secondary N) is 1. The lowest BCUT2D eigenvalue weighted by molar-refractivity contribution is -0.490. The minimum Gasteiger partial charge on any atom is -0.427 e. The van der Waals surface area contributed by atoms with Crippen molar-refractivity contribution in [2.45, 2.75) is 12.5 Å². The molecule has 0 fully saturated rings. The zero-order valence-electron chi connectivity index (χ0n) is 7.97. The zero-order valence-corrected chi connectivity index (χ0v) is 7.97. The van der Waals surface area contributed by atoms with Gasteiger partial charge in [-0.1, -0.05) is 6.07 Å². The van der Waals surface area contributed by atoms with Gasteiger partial charge in [0.25, 0.3) is 0 Å². The van der Waals surface area contributed by atoms with E-state index in [2.05, 4.69) is 4.99 Å². The summed E-state index contributed by atoms with van der Waals surface area (Å²) in [6.45, 7) is 0.333. The van der Waals surface area contributed by atoms with Gasteiger partial charge < -0.3 is 4.74 Å². The van der Waals surface area contributed by atoms with Crippen molar-refractivity contribution < 1.29 is 18.5 Å². The summed E-state index contributed by atoms with van der Waals surface area (Å²) >= 11 is 0. The Labute approximate surface area is 85.6 Å². The molecule has 3 nitrogen and oxygen atoms in total. The maximum Gasteiger partial charge on any atom is 0.440 e. The van der Waals surface area contributed by atoms with Gasteiger partial charge in [0.15, 0.2) is 0 Å². The molecule has 80 valence electrons. The Morgan fingerprint density at radius 2 is 2.07 bits per heavy atom. The number of hydrogen-bond acceptors (Lipinski definition) is 2. The van der Waals surface area contributed by atoms with E-state index < -0.39 is 11.6 Å². The van der Waals surface area contributed by atoms with E-state index in [4.69, 9.17) is 10.5 Å². The molecule has 0 radical (unpaired) electrons. The first-order valence-electron chi connectivity index (χ1n) is 4.61. The summed E-state index contributed by atoms with van der Waals surface area (Å²) in [6, 6.07) is 3.85. The zero-order chi connectivity index (χ0) is 10.8. The van der Waals surface area contributed by atoms with Gasteiger partial charge in [0.1, 0.15) is 24.3 Å². The fraction of sp³-hybridized carbons (Fsp3) is 0.300. The summed E-state index contributed by atoms with van der Waals surface area (Å²) in [5.41, 5.74) is 5.41. The van der Waals surface area contributed by atoms with Crippen molar-refractivity contribution in [3.63, 3.8) is 0 Å². The van der Waals surface area contributed by atoms with E-state index in [1.165, 1.54) is 18.2 Å². The summed E-state index contributed by atoms with van der Waals surface area (Å²) in [5, 5.41) is 0. The minimum absolute atomic E-state index is 0.0632. The molecule has 5 heteroatoms. The highest BCUT2D eigenvalue weighted by Crippen LogP contribution is 2.13. The number of benzene rings is 1. The second kappa shape index (κ2) is 3.84. The molecule has 0 aliphatic carbocycles. The number of nitrogens with two attached hydrogens (primary N) is 1. The third kappa shape index (κ3) is 2.06. The molecular formula is C10H11F2N2O+. The molecule has 0 saturated carbocycles. The van der Waals surface area contributed by atoms with Crippen LogP contribution in [0.1, 0.15) is 5.56 Å². The first kappa shape index (κ1) is 9.89. The monoisotopic (exact) mass is 213 g/mol. The molecule has 1 aliphatic heterocycles. The van der Waals surface area contributed by atoms with Crippen molar-refractivity contribution in [2.75, 3.05) is 6.61 Å². The highest BCUT2D eigenvalue weighted by atomic mass is 19.1. The van der Waals surface area contributed by atoms with Crippen molar-refractivity contribution in [3.05, 3.63) is 35.4 Å². The van der Waals surface area contributed by atoms with Gasteiger partial charge in [0.05, 0.1) is 0 Å². The summed E-state index contributed by atoms with van der Waals surface area (Å²) in [4.78, 5) is 2.80. The summed E-state index contributed by atoms with van der Waals surface area (Å²) in [6.07, 6.45) is 0.221. The maximum absolute atomic E-state index is 13.3. The van der Waals surface area contributed by atoms with Crippen LogP contribution in [0.5, 0.6) is 0 Å². The smallest absolute Gasteiger partial charge is 0.427 e. The first-order chi connectivity index (χ1) is 7.16. The average Bonchev–Trinajstić information content (AvgIpc) is 2.58. The van der Waals surface area contributed by atoms with Crippen molar-refractivity contribution in [2.24, 2.45) is 5.73 Å². The number of ether oxygens (including phenoxy) is 1. The van der Waals surface area contributed by atoms with E-state index in [9.17, 15) is 8.78 Å². The first-order valence-corrected chi connectivity index (χ1v) is 4.61. The second-order valence-corrected chi connectivity index (χ2v) is 3.42. The SMILES string of the molecule is NC1=[NH+]C(Cc2c(F)cccc2F)CO1. The summed E-state index contributed by atoms with van der Waals surface area (Å²) in [7, 11) is 0. The molecule has 1 aromatic rings. The standard InChI is InChI=1S/C10H10F2N2O/c11-8-2-1-3-9(12)7(8)4-6-5-15-10(13)14-6/h1-3,6H,4-5H2,(H2,13,14)/p+1. The molecule has 1 aliphatic rings. The number of hydrogen-bond donors (Lipinski definition) is 2. The molecule has 0 amide bonds. The van der Waals surface area contributed by atoms with Crippen LogP contribution in [0.15, 0.2) is 18.2 Å². The van der Waals surface area contributed by atoms with Crippen molar-refractivity contribution in [1.29, 1.82) is 0 Å². The van der Waals surface area contributed by atoms with Gasteiger partial charge in [-0.25, -0.2) is 13.8 Å². The van der Waals surface area contributed by atoms with E-state index >= 15 is 0 Å². The number of rotatable bonds is 2. The van der Waals surface area contributed by atoms with Gasteiger partial charge in [0, 0.05) is 12.0 Å². The molecule has 1 atom stereocenters. The summed E-state index contributed by atoms with van der Waals surface area (Å²) < 4.78 is 31.5. The third-order valence-corrected chi connectivity index (χ3v) is 2.30. The number of amidine groups is 1. The fourth-order valence-corrected chi connectivity index (χ4v) is 1.56. The maximum atomic E-state index is 13.3. The average molecular weight is 213 g/mol. The van der Waals surface area contributed by atoms with Gasteiger partial charge in [-0.2, -0.15) is 0 Å². The van der Waals surface area contributed by atoms with Gasteiger partial charge in [-0.05, 0) is 12.1 Å². The Morgan fingerprint density at radius 3 is 2.60 bits per heavy atom. The minimum atomic E-state index is -0.540. The fourth-order valence-electron chi connectivity index (χ4n) is 1.56. The van der Waals surface area contributed by atoms with Crippen molar-refractivity contribution in [3.8, 4) is 0 Å². The van der Waals surface area contributed by atoms with E-state index in [0.717, 1.165) is 0 Å². The van der Waals surface area contributed by atoms with E-state index in [-0.39, 0.29) is 24.0 Å². The van der Waals surface area contributed by atoms with Crippen LogP contribution in [-0.4, -0.2) is 18.7 Å². The summed E-state index contributed by atoms with van der Waals surface area (Å²) in [5.74, 6) is -1.08. The molecule has 0 aromatic heterocycles. The quantitative estimate of drug-likeness (QED) is 0.682. The molecule has 0 spiro atoms. The van der Waals surface area contributed by atoms with Crippen LogP contribution < -0.4 is 10.7 Å². The normalized spacial score (nSPS) is 19.9. The highest BCUT2D eigenvalue weighted by Gasteiger charge is 2.23. The molecule has 1 aromatic carbocycles. The van der Waals surface area contributed by atoms with Crippen LogP contribution in [0.2, 0.25) is 0 Å².